The van der Waals surface area contributed by atoms with E-state index in [1.54, 1.807) is 4.90 Å². The summed E-state index contributed by atoms with van der Waals surface area (Å²) >= 11 is 0. The number of carbonyl (C=O) groups excluding carboxylic acids is 1. The van der Waals surface area contributed by atoms with Crippen LogP contribution in [0, 0.1) is 25.5 Å². The predicted octanol–water partition coefficient (Wildman–Crippen LogP) is 3.06. The van der Waals surface area contributed by atoms with E-state index >= 15 is 0 Å². The zero-order chi connectivity index (χ0) is 18.1. The number of rotatable bonds is 4. The summed E-state index contributed by atoms with van der Waals surface area (Å²) in [6, 6.07) is 2.88. The highest BCUT2D eigenvalue weighted by atomic mass is 19.1. The smallest absolute Gasteiger partial charge is 0.261 e. The van der Waals surface area contributed by atoms with Gasteiger partial charge in [0.2, 0.25) is 0 Å². The molecular weight excluding hydrogens is 328 g/mol. The molecule has 2 heterocycles. The molecular formula is C18H21F2N3O2. The van der Waals surface area contributed by atoms with E-state index in [1.165, 1.54) is 0 Å². The molecule has 1 saturated heterocycles. The number of hydrogen-bond donors (Lipinski definition) is 0. The van der Waals surface area contributed by atoms with Crippen LogP contribution in [0.3, 0.4) is 0 Å². The van der Waals surface area contributed by atoms with Crippen molar-refractivity contribution in [1.29, 1.82) is 0 Å². The van der Waals surface area contributed by atoms with Gasteiger partial charge in [0, 0.05) is 30.9 Å². The van der Waals surface area contributed by atoms with Gasteiger partial charge >= 0.3 is 0 Å². The molecule has 1 aliphatic heterocycles. The maximum Gasteiger partial charge on any atom is 0.261 e. The molecule has 1 amide bonds. The number of hydrogen-bond acceptors (Lipinski definition) is 3. The Morgan fingerprint density at radius 1 is 1.36 bits per heavy atom. The summed E-state index contributed by atoms with van der Waals surface area (Å²) in [7, 11) is 1.88. The Balaban J connectivity index is 1.74. The van der Waals surface area contributed by atoms with Crippen molar-refractivity contribution in [2.45, 2.75) is 32.7 Å². The Morgan fingerprint density at radius 2 is 2.12 bits per heavy atom. The lowest BCUT2D eigenvalue weighted by atomic mass is 10.0. The van der Waals surface area contributed by atoms with Crippen LogP contribution in [0.25, 0.3) is 0 Å². The van der Waals surface area contributed by atoms with Gasteiger partial charge in [-0.2, -0.15) is 5.10 Å². The highest BCUT2D eigenvalue weighted by Gasteiger charge is 2.33. The minimum absolute atomic E-state index is 0.0536. The number of benzene rings is 1. The Labute approximate surface area is 145 Å². The second-order valence-corrected chi connectivity index (χ2v) is 6.32. The molecule has 25 heavy (non-hydrogen) atoms. The van der Waals surface area contributed by atoms with Crippen LogP contribution in [0.5, 0.6) is 5.75 Å². The van der Waals surface area contributed by atoms with Crippen LogP contribution in [0.2, 0.25) is 0 Å². The molecule has 0 saturated carbocycles. The summed E-state index contributed by atoms with van der Waals surface area (Å²) in [6.45, 7) is 4.21. The highest BCUT2D eigenvalue weighted by molar-refractivity contribution is 5.78. The van der Waals surface area contributed by atoms with E-state index in [-0.39, 0.29) is 24.3 Å². The lowest BCUT2D eigenvalue weighted by Crippen LogP contribution is -2.35. The van der Waals surface area contributed by atoms with Crippen LogP contribution in [-0.2, 0) is 11.8 Å². The molecule has 0 aliphatic carbocycles. The normalized spacial score (nSPS) is 17.2. The number of nitrogens with zero attached hydrogens (tertiary/aromatic N) is 3. The first-order valence-electron chi connectivity index (χ1n) is 8.26. The fraction of sp³-hybridized carbons (Fsp3) is 0.444. The zero-order valence-electron chi connectivity index (χ0n) is 14.6. The van der Waals surface area contributed by atoms with Gasteiger partial charge in [0.05, 0.1) is 11.7 Å². The summed E-state index contributed by atoms with van der Waals surface area (Å²) < 4.78 is 33.8. The SMILES string of the molecule is Cc1nn(C)c(C)c1[C@@H]1CCCN1C(=O)COc1cc(F)ccc1F. The number of aryl methyl sites for hydroxylation is 2. The van der Waals surface area contributed by atoms with Crippen LogP contribution in [-0.4, -0.2) is 33.7 Å². The fourth-order valence-corrected chi connectivity index (χ4v) is 3.45. The second kappa shape index (κ2) is 6.82. The molecule has 1 atom stereocenters. The van der Waals surface area contributed by atoms with Crippen LogP contribution in [0.15, 0.2) is 18.2 Å². The number of ether oxygens (including phenoxy) is 1. The standard InChI is InChI=1S/C18H21F2N3O2/c1-11-18(12(2)22(3)21-11)15-5-4-8-23(15)17(24)10-25-16-9-13(19)6-7-14(16)20/h6-7,9,15H,4-5,8,10H2,1-3H3/t15-/m0/s1. The third-order valence-electron chi connectivity index (χ3n) is 4.72. The van der Waals surface area contributed by atoms with Gasteiger partial charge in [-0.05, 0) is 38.8 Å². The molecule has 134 valence electrons. The van der Waals surface area contributed by atoms with E-state index in [0.29, 0.717) is 6.54 Å². The van der Waals surface area contributed by atoms with Gasteiger partial charge in [-0.25, -0.2) is 8.78 Å². The molecule has 0 spiro atoms. The minimum Gasteiger partial charge on any atom is -0.481 e. The second-order valence-electron chi connectivity index (χ2n) is 6.32. The number of halogens is 2. The first-order valence-corrected chi connectivity index (χ1v) is 8.26. The molecule has 3 rings (SSSR count). The summed E-state index contributed by atoms with van der Waals surface area (Å²) in [4.78, 5) is 14.3. The van der Waals surface area contributed by atoms with Gasteiger partial charge in [-0.15, -0.1) is 0 Å². The monoisotopic (exact) mass is 349 g/mol. The van der Waals surface area contributed by atoms with Gasteiger partial charge < -0.3 is 9.64 Å². The van der Waals surface area contributed by atoms with Crippen LogP contribution >= 0.6 is 0 Å². The molecule has 2 aromatic rings. The lowest BCUT2D eigenvalue weighted by molar-refractivity contribution is -0.134. The lowest BCUT2D eigenvalue weighted by Gasteiger charge is -2.25. The minimum atomic E-state index is -0.689. The Kier molecular flexibility index (Phi) is 4.74. The van der Waals surface area contributed by atoms with E-state index in [1.807, 2.05) is 25.6 Å². The predicted molar refractivity (Wildman–Crippen MR) is 88.2 cm³/mol. The molecule has 0 unspecified atom stereocenters. The third-order valence-corrected chi connectivity index (χ3v) is 4.72. The summed E-state index contributed by atoms with van der Waals surface area (Å²) in [6.07, 6.45) is 1.74. The largest absolute Gasteiger partial charge is 0.481 e. The van der Waals surface area contributed by atoms with Crippen molar-refractivity contribution in [3.8, 4) is 5.75 Å². The van der Waals surface area contributed by atoms with Crippen LogP contribution in [0.4, 0.5) is 8.78 Å². The number of amides is 1. The van der Waals surface area contributed by atoms with Gasteiger partial charge in [-0.3, -0.25) is 9.48 Å². The quantitative estimate of drug-likeness (QED) is 0.852. The molecule has 0 N–H and O–H groups in total. The summed E-state index contributed by atoms with van der Waals surface area (Å²) in [5.74, 6) is -1.79. The summed E-state index contributed by atoms with van der Waals surface area (Å²) in [5.41, 5.74) is 2.99. The average Bonchev–Trinajstić information content (AvgIpc) is 3.13. The first-order chi connectivity index (χ1) is 11.9. The Morgan fingerprint density at radius 3 is 2.80 bits per heavy atom. The molecule has 1 aromatic carbocycles. The van der Waals surface area contributed by atoms with Crippen molar-refractivity contribution in [2.24, 2.45) is 7.05 Å². The van der Waals surface area contributed by atoms with Gasteiger partial charge in [0.1, 0.15) is 5.82 Å². The molecule has 1 aliphatic rings. The first kappa shape index (κ1) is 17.4. The van der Waals surface area contributed by atoms with Crippen molar-refractivity contribution in [2.75, 3.05) is 13.2 Å². The number of aromatic nitrogens is 2. The molecule has 5 nitrogen and oxygen atoms in total. The summed E-state index contributed by atoms with van der Waals surface area (Å²) in [5, 5.41) is 4.42. The van der Waals surface area contributed by atoms with E-state index in [2.05, 4.69) is 5.10 Å². The molecule has 0 bridgehead atoms. The van der Waals surface area contributed by atoms with E-state index in [0.717, 1.165) is 48.0 Å². The molecule has 1 aromatic heterocycles. The van der Waals surface area contributed by atoms with Crippen LogP contribution in [0.1, 0.15) is 35.8 Å². The topological polar surface area (TPSA) is 47.4 Å². The van der Waals surface area contributed by atoms with Crippen molar-refractivity contribution in [3.05, 3.63) is 46.8 Å². The maximum absolute atomic E-state index is 13.6. The fourth-order valence-electron chi connectivity index (χ4n) is 3.45. The van der Waals surface area contributed by atoms with Crippen molar-refractivity contribution < 1.29 is 18.3 Å². The van der Waals surface area contributed by atoms with Gasteiger partial charge in [-0.1, -0.05) is 0 Å². The molecule has 1 fully saturated rings. The van der Waals surface area contributed by atoms with Crippen LogP contribution < -0.4 is 4.74 Å². The zero-order valence-corrected chi connectivity index (χ0v) is 14.6. The van der Waals surface area contributed by atoms with E-state index in [9.17, 15) is 13.6 Å². The Hall–Kier alpha value is -2.44. The maximum atomic E-state index is 13.6. The number of carbonyl (C=O) groups is 1. The van der Waals surface area contributed by atoms with Crippen molar-refractivity contribution in [3.63, 3.8) is 0 Å². The Bertz CT molecular complexity index is 804. The van der Waals surface area contributed by atoms with Gasteiger partial charge in [0.15, 0.2) is 18.2 Å². The molecule has 0 radical (unpaired) electrons. The number of likely N-dealkylation sites (tertiary alicyclic amines) is 1. The molecule has 7 heteroatoms. The van der Waals surface area contributed by atoms with E-state index < -0.39 is 11.6 Å². The van der Waals surface area contributed by atoms with E-state index in [4.69, 9.17) is 4.74 Å². The van der Waals surface area contributed by atoms with Crippen molar-refractivity contribution in [1.82, 2.24) is 14.7 Å². The average molecular weight is 349 g/mol. The third kappa shape index (κ3) is 3.36. The highest BCUT2D eigenvalue weighted by Crippen LogP contribution is 2.35. The van der Waals surface area contributed by atoms with Gasteiger partial charge in [0.25, 0.3) is 5.91 Å². The van der Waals surface area contributed by atoms with Crippen molar-refractivity contribution >= 4 is 5.91 Å².